The van der Waals surface area contributed by atoms with E-state index < -0.39 is 15.6 Å². The van der Waals surface area contributed by atoms with Crippen LogP contribution in [0.15, 0.2) is 6.33 Å². The van der Waals surface area contributed by atoms with Gasteiger partial charge in [-0.3, -0.25) is 0 Å². The largest absolute Gasteiger partial charge is 0.368 e. The van der Waals surface area contributed by atoms with Crippen LogP contribution in [-0.2, 0) is 10.0 Å². The molecule has 0 saturated carbocycles. The van der Waals surface area contributed by atoms with Crippen molar-refractivity contribution >= 4 is 21.7 Å². The number of sulfonamides is 1. The lowest BCUT2D eigenvalue weighted by Crippen LogP contribution is -2.47. The second kappa shape index (κ2) is 5.68. The van der Waals surface area contributed by atoms with Gasteiger partial charge in [0, 0.05) is 17.6 Å². The third-order valence-electron chi connectivity index (χ3n) is 2.38. The van der Waals surface area contributed by atoms with Crippen LogP contribution < -0.4 is 21.3 Å². The van der Waals surface area contributed by atoms with Crippen LogP contribution in [0, 0.1) is 6.92 Å². The number of anilines is 2. The summed E-state index contributed by atoms with van der Waals surface area (Å²) in [4.78, 5) is 8.05. The van der Waals surface area contributed by atoms with Gasteiger partial charge in [-0.15, -0.1) is 0 Å². The Hall–Kier alpha value is -1.45. The number of nitrogens with two attached hydrogens (primary N) is 1. The van der Waals surface area contributed by atoms with Crippen molar-refractivity contribution in [2.24, 2.45) is 5.84 Å². The van der Waals surface area contributed by atoms with Gasteiger partial charge in [0.25, 0.3) is 0 Å². The van der Waals surface area contributed by atoms with Crippen molar-refractivity contribution in [1.82, 2.24) is 14.7 Å². The van der Waals surface area contributed by atoms with Crippen LogP contribution in [0.4, 0.5) is 11.6 Å². The van der Waals surface area contributed by atoms with E-state index in [4.69, 9.17) is 5.84 Å². The van der Waals surface area contributed by atoms with E-state index in [0.29, 0.717) is 18.2 Å². The molecular weight excluding hydrogens is 268 g/mol. The van der Waals surface area contributed by atoms with Crippen LogP contribution in [0.3, 0.4) is 0 Å². The summed E-state index contributed by atoms with van der Waals surface area (Å²) < 4.78 is 25.0. The Bertz CT molecular complexity index is 543. The SMILES string of the molecule is Cc1c(NN)ncnc1NCC(C)(C)NS(C)(=O)=O. The molecule has 9 heteroatoms. The zero-order valence-corrected chi connectivity index (χ0v) is 12.3. The molecule has 8 nitrogen and oxygen atoms in total. The van der Waals surface area contributed by atoms with Gasteiger partial charge in [0.15, 0.2) is 0 Å². The number of hydrogen-bond donors (Lipinski definition) is 4. The summed E-state index contributed by atoms with van der Waals surface area (Å²) in [5.74, 6) is 6.45. The first-order valence-electron chi connectivity index (χ1n) is 5.66. The number of nitrogens with one attached hydrogen (secondary N) is 3. The zero-order valence-electron chi connectivity index (χ0n) is 11.5. The molecule has 5 N–H and O–H groups in total. The Morgan fingerprint density at radius 1 is 1.32 bits per heavy atom. The lowest BCUT2D eigenvalue weighted by Gasteiger charge is -2.26. The summed E-state index contributed by atoms with van der Waals surface area (Å²) in [5.41, 5.74) is 2.59. The standard InChI is InChI=1S/C10H20N6O2S/c1-7-8(13-6-14-9(7)15-11)12-5-10(2,3)16-19(4,17)18/h6,16H,5,11H2,1-4H3,(H2,12,13,14,15). The van der Waals surface area contributed by atoms with E-state index in [1.54, 1.807) is 13.8 Å². The van der Waals surface area contributed by atoms with Crippen LogP contribution >= 0.6 is 0 Å². The molecule has 0 unspecified atom stereocenters. The van der Waals surface area contributed by atoms with Crippen molar-refractivity contribution in [3.05, 3.63) is 11.9 Å². The lowest BCUT2D eigenvalue weighted by atomic mass is 10.1. The molecule has 0 aliphatic carbocycles. The number of rotatable bonds is 6. The molecule has 0 saturated heterocycles. The van der Waals surface area contributed by atoms with Gasteiger partial charge in [-0.05, 0) is 20.8 Å². The molecule has 1 aromatic rings. The number of hydrogen-bond acceptors (Lipinski definition) is 7. The predicted molar refractivity (Wildman–Crippen MR) is 75.1 cm³/mol. The normalized spacial score (nSPS) is 12.3. The second-order valence-corrected chi connectivity index (χ2v) is 6.70. The summed E-state index contributed by atoms with van der Waals surface area (Å²) in [6, 6.07) is 0. The molecular formula is C10H20N6O2S. The molecule has 0 spiro atoms. The lowest BCUT2D eigenvalue weighted by molar-refractivity contribution is 0.475. The molecule has 0 aliphatic heterocycles. The van der Waals surface area contributed by atoms with Gasteiger partial charge in [-0.2, -0.15) is 0 Å². The Balaban J connectivity index is 2.77. The highest BCUT2D eigenvalue weighted by atomic mass is 32.2. The van der Waals surface area contributed by atoms with Gasteiger partial charge < -0.3 is 10.7 Å². The quantitative estimate of drug-likeness (QED) is 0.423. The van der Waals surface area contributed by atoms with Gasteiger partial charge >= 0.3 is 0 Å². The molecule has 0 radical (unpaired) electrons. The fourth-order valence-corrected chi connectivity index (χ4v) is 2.69. The van der Waals surface area contributed by atoms with E-state index in [0.717, 1.165) is 11.8 Å². The van der Waals surface area contributed by atoms with Crippen molar-refractivity contribution < 1.29 is 8.42 Å². The Kier molecular flexibility index (Phi) is 4.66. The van der Waals surface area contributed by atoms with E-state index in [2.05, 4.69) is 25.4 Å². The van der Waals surface area contributed by atoms with Crippen molar-refractivity contribution in [2.75, 3.05) is 23.5 Å². The van der Waals surface area contributed by atoms with Crippen molar-refractivity contribution in [3.63, 3.8) is 0 Å². The second-order valence-electron chi connectivity index (χ2n) is 4.95. The smallest absolute Gasteiger partial charge is 0.209 e. The minimum atomic E-state index is -3.26. The molecule has 0 fully saturated rings. The highest BCUT2D eigenvalue weighted by Gasteiger charge is 2.22. The van der Waals surface area contributed by atoms with Crippen LogP contribution in [-0.4, -0.2) is 36.7 Å². The topological polar surface area (TPSA) is 122 Å². The fourth-order valence-electron chi connectivity index (χ4n) is 1.62. The maximum atomic E-state index is 11.2. The third-order valence-corrected chi connectivity index (χ3v) is 3.30. The first-order valence-corrected chi connectivity index (χ1v) is 7.55. The minimum absolute atomic E-state index is 0.377. The molecule has 1 aromatic heterocycles. The number of aromatic nitrogens is 2. The molecule has 19 heavy (non-hydrogen) atoms. The van der Waals surface area contributed by atoms with Crippen molar-refractivity contribution in [3.8, 4) is 0 Å². The highest BCUT2D eigenvalue weighted by molar-refractivity contribution is 7.88. The molecule has 1 heterocycles. The van der Waals surface area contributed by atoms with Crippen LogP contribution in [0.5, 0.6) is 0 Å². The minimum Gasteiger partial charge on any atom is -0.368 e. The van der Waals surface area contributed by atoms with Crippen LogP contribution in [0.25, 0.3) is 0 Å². The average molecular weight is 288 g/mol. The van der Waals surface area contributed by atoms with Gasteiger partial charge in [0.1, 0.15) is 18.0 Å². The molecule has 0 aliphatic rings. The third kappa shape index (κ3) is 4.97. The molecule has 108 valence electrons. The van der Waals surface area contributed by atoms with Gasteiger partial charge in [0.2, 0.25) is 10.0 Å². The first-order chi connectivity index (χ1) is 8.64. The zero-order chi connectivity index (χ0) is 14.7. The van der Waals surface area contributed by atoms with E-state index >= 15 is 0 Å². The summed E-state index contributed by atoms with van der Waals surface area (Å²) in [7, 11) is -3.26. The van der Waals surface area contributed by atoms with Crippen LogP contribution in [0.2, 0.25) is 0 Å². The number of hydrazine groups is 1. The average Bonchev–Trinajstić information content (AvgIpc) is 2.24. The number of nitrogen functional groups attached to an aromatic ring is 1. The van der Waals surface area contributed by atoms with E-state index in [-0.39, 0.29) is 0 Å². The molecule has 0 atom stereocenters. The summed E-state index contributed by atoms with van der Waals surface area (Å²) >= 11 is 0. The van der Waals surface area contributed by atoms with E-state index in [1.807, 2.05) is 6.92 Å². The maximum Gasteiger partial charge on any atom is 0.209 e. The molecule has 0 aromatic carbocycles. The monoisotopic (exact) mass is 288 g/mol. The molecule has 1 rings (SSSR count). The molecule has 0 bridgehead atoms. The Morgan fingerprint density at radius 3 is 2.42 bits per heavy atom. The summed E-state index contributed by atoms with van der Waals surface area (Å²) in [6.45, 7) is 5.75. The number of nitrogens with zero attached hydrogens (tertiary/aromatic N) is 2. The van der Waals surface area contributed by atoms with Gasteiger partial charge in [-0.1, -0.05) is 0 Å². The fraction of sp³-hybridized carbons (Fsp3) is 0.600. The Morgan fingerprint density at radius 2 is 1.89 bits per heavy atom. The van der Waals surface area contributed by atoms with E-state index in [9.17, 15) is 8.42 Å². The Labute approximate surface area is 113 Å². The van der Waals surface area contributed by atoms with E-state index in [1.165, 1.54) is 6.33 Å². The maximum absolute atomic E-state index is 11.2. The van der Waals surface area contributed by atoms with Crippen molar-refractivity contribution in [1.29, 1.82) is 0 Å². The summed E-state index contributed by atoms with van der Waals surface area (Å²) in [5, 5.41) is 3.08. The first kappa shape index (κ1) is 15.6. The molecule has 0 amide bonds. The van der Waals surface area contributed by atoms with Gasteiger partial charge in [0.05, 0.1) is 6.26 Å². The van der Waals surface area contributed by atoms with Crippen molar-refractivity contribution in [2.45, 2.75) is 26.3 Å². The van der Waals surface area contributed by atoms with Gasteiger partial charge in [-0.25, -0.2) is 29.0 Å². The van der Waals surface area contributed by atoms with Crippen LogP contribution in [0.1, 0.15) is 19.4 Å². The highest BCUT2D eigenvalue weighted by Crippen LogP contribution is 2.17. The summed E-state index contributed by atoms with van der Waals surface area (Å²) in [6.07, 6.45) is 2.50. The predicted octanol–water partition coefficient (Wildman–Crippen LogP) is -0.190.